The van der Waals surface area contributed by atoms with Gasteiger partial charge in [-0.15, -0.1) is 0 Å². The number of hydroxylamine groups is 1. The van der Waals surface area contributed by atoms with Crippen LogP contribution in [0.5, 0.6) is 0 Å². The molecule has 1 amide bonds. The minimum Gasteiger partial charge on any atom is -0.289 e. The molecule has 3 rings (SSSR count). The second-order valence-corrected chi connectivity index (χ2v) is 7.33. The number of carbonyl (C=O) groups excluding carboxylic acids is 1. The van der Waals surface area contributed by atoms with Crippen LogP contribution in [0.4, 0.5) is 10.1 Å². The Balaban J connectivity index is 2.25. The first kappa shape index (κ1) is 16.7. The zero-order chi connectivity index (χ0) is 17.5. The SMILES string of the molecule is O=C(CC1c2c(ccc(F)c2Cl)S(=O)(=O)N1c1ccccc1)NO. The molecule has 1 aliphatic heterocycles. The fraction of sp³-hybridized carbons (Fsp3) is 0.133. The van der Waals surface area contributed by atoms with E-state index in [0.717, 1.165) is 16.4 Å². The molecule has 0 radical (unpaired) electrons. The lowest BCUT2D eigenvalue weighted by molar-refractivity contribution is -0.129. The van der Waals surface area contributed by atoms with Crippen LogP contribution in [0.2, 0.25) is 5.02 Å². The highest BCUT2D eigenvalue weighted by Crippen LogP contribution is 2.47. The van der Waals surface area contributed by atoms with Crippen molar-refractivity contribution in [3.63, 3.8) is 0 Å². The van der Waals surface area contributed by atoms with Gasteiger partial charge >= 0.3 is 0 Å². The van der Waals surface area contributed by atoms with Crippen LogP contribution in [-0.4, -0.2) is 19.5 Å². The highest BCUT2D eigenvalue weighted by atomic mass is 35.5. The summed E-state index contributed by atoms with van der Waals surface area (Å²) >= 11 is 5.98. The third kappa shape index (κ3) is 2.52. The molecule has 24 heavy (non-hydrogen) atoms. The molecule has 2 aromatic rings. The Morgan fingerprint density at radius 2 is 1.92 bits per heavy atom. The Morgan fingerprint density at radius 1 is 1.25 bits per heavy atom. The van der Waals surface area contributed by atoms with Crippen LogP contribution >= 0.6 is 11.6 Å². The van der Waals surface area contributed by atoms with Gasteiger partial charge in [-0.1, -0.05) is 29.8 Å². The van der Waals surface area contributed by atoms with Crippen LogP contribution in [0.15, 0.2) is 47.4 Å². The van der Waals surface area contributed by atoms with E-state index in [1.165, 1.54) is 5.48 Å². The minimum absolute atomic E-state index is 0.00381. The molecule has 126 valence electrons. The molecular formula is C15H12ClFN2O4S. The number of sulfonamides is 1. The summed E-state index contributed by atoms with van der Waals surface area (Å²) < 4.78 is 40.6. The number of fused-ring (bicyclic) bond motifs is 1. The topological polar surface area (TPSA) is 86.7 Å². The Hall–Kier alpha value is -2.16. The predicted octanol–water partition coefficient (Wildman–Crippen LogP) is 2.62. The fourth-order valence-electron chi connectivity index (χ4n) is 2.77. The summed E-state index contributed by atoms with van der Waals surface area (Å²) in [5.74, 6) is -1.60. The molecule has 0 fully saturated rings. The van der Waals surface area contributed by atoms with E-state index < -0.39 is 34.2 Å². The summed E-state index contributed by atoms with van der Waals surface area (Å²) in [5, 5.41) is 8.42. The first-order valence-corrected chi connectivity index (χ1v) is 8.70. The molecule has 2 N–H and O–H groups in total. The van der Waals surface area contributed by atoms with E-state index in [0.29, 0.717) is 5.69 Å². The number of carbonyl (C=O) groups is 1. The number of hydrogen-bond acceptors (Lipinski definition) is 4. The van der Waals surface area contributed by atoms with Gasteiger partial charge in [-0.25, -0.2) is 18.3 Å². The van der Waals surface area contributed by atoms with Gasteiger partial charge in [0.05, 0.1) is 28.1 Å². The molecule has 1 heterocycles. The van der Waals surface area contributed by atoms with E-state index in [9.17, 15) is 17.6 Å². The summed E-state index contributed by atoms with van der Waals surface area (Å²) in [7, 11) is -4.02. The number of halogens is 2. The monoisotopic (exact) mass is 370 g/mol. The molecular weight excluding hydrogens is 359 g/mol. The van der Waals surface area contributed by atoms with Crippen LogP contribution < -0.4 is 9.79 Å². The lowest BCUT2D eigenvalue weighted by Crippen LogP contribution is -2.32. The summed E-state index contributed by atoms with van der Waals surface area (Å²) in [6.07, 6.45) is -0.416. The van der Waals surface area contributed by atoms with E-state index in [2.05, 4.69) is 0 Å². The largest absolute Gasteiger partial charge is 0.289 e. The Kier molecular flexibility index (Phi) is 4.20. The van der Waals surface area contributed by atoms with E-state index in [4.69, 9.17) is 16.8 Å². The number of rotatable bonds is 3. The number of nitrogens with zero attached hydrogens (tertiary/aromatic N) is 1. The highest BCUT2D eigenvalue weighted by Gasteiger charge is 2.45. The van der Waals surface area contributed by atoms with E-state index in [1.54, 1.807) is 30.3 Å². The molecule has 0 spiro atoms. The van der Waals surface area contributed by atoms with Gasteiger partial charge in [0.15, 0.2) is 0 Å². The smallest absolute Gasteiger partial charge is 0.265 e. The molecule has 0 aliphatic carbocycles. The van der Waals surface area contributed by atoms with Crippen molar-refractivity contribution in [3.05, 3.63) is 58.9 Å². The van der Waals surface area contributed by atoms with E-state index in [1.807, 2.05) is 0 Å². The van der Waals surface area contributed by atoms with Crippen LogP contribution in [-0.2, 0) is 14.8 Å². The Morgan fingerprint density at radius 3 is 2.54 bits per heavy atom. The fourth-order valence-corrected chi connectivity index (χ4v) is 5.00. The maximum Gasteiger partial charge on any atom is 0.265 e. The number of amides is 1. The molecule has 1 atom stereocenters. The molecule has 0 saturated carbocycles. The summed E-state index contributed by atoms with van der Waals surface area (Å²) in [6.45, 7) is 0. The van der Waals surface area contributed by atoms with Crippen molar-refractivity contribution in [2.75, 3.05) is 4.31 Å². The van der Waals surface area contributed by atoms with Crippen molar-refractivity contribution >= 4 is 33.2 Å². The normalized spacial score (nSPS) is 18.3. The number of anilines is 1. The van der Waals surface area contributed by atoms with E-state index in [-0.39, 0.29) is 15.5 Å². The van der Waals surface area contributed by atoms with Crippen molar-refractivity contribution in [2.24, 2.45) is 0 Å². The van der Waals surface area contributed by atoms with Crippen molar-refractivity contribution < 1.29 is 22.8 Å². The van der Waals surface area contributed by atoms with Gasteiger partial charge in [0.1, 0.15) is 5.82 Å². The third-order valence-electron chi connectivity index (χ3n) is 3.76. The van der Waals surface area contributed by atoms with Gasteiger partial charge < -0.3 is 0 Å². The van der Waals surface area contributed by atoms with Gasteiger partial charge in [-0.2, -0.15) is 0 Å². The average molecular weight is 371 g/mol. The summed E-state index contributed by atoms with van der Waals surface area (Å²) in [6, 6.07) is 9.12. The van der Waals surface area contributed by atoms with Crippen LogP contribution in [0.3, 0.4) is 0 Å². The maximum absolute atomic E-state index is 13.9. The summed E-state index contributed by atoms with van der Waals surface area (Å²) in [5.41, 5.74) is 1.77. The van der Waals surface area contributed by atoms with Crippen molar-refractivity contribution in [1.29, 1.82) is 0 Å². The van der Waals surface area contributed by atoms with E-state index >= 15 is 0 Å². The van der Waals surface area contributed by atoms with Gasteiger partial charge in [-0.05, 0) is 24.3 Å². The molecule has 9 heteroatoms. The Labute approximate surface area is 142 Å². The zero-order valence-electron chi connectivity index (χ0n) is 12.1. The van der Waals surface area contributed by atoms with Crippen molar-refractivity contribution in [2.45, 2.75) is 17.4 Å². The molecule has 1 unspecified atom stereocenters. The van der Waals surface area contributed by atoms with Gasteiger partial charge in [-0.3, -0.25) is 14.3 Å². The quantitative estimate of drug-likeness (QED) is 0.642. The molecule has 6 nitrogen and oxygen atoms in total. The lowest BCUT2D eigenvalue weighted by atomic mass is 10.0. The van der Waals surface area contributed by atoms with Crippen LogP contribution in [0.25, 0.3) is 0 Å². The van der Waals surface area contributed by atoms with Crippen molar-refractivity contribution in [3.8, 4) is 0 Å². The standard InChI is InChI=1S/C15H12ClFN2O4S/c16-15-10(17)6-7-12-14(15)11(8-13(20)18-21)19(24(12,22)23)9-4-2-1-3-5-9/h1-7,11,21H,8H2,(H,18,20). The maximum atomic E-state index is 13.9. The first-order chi connectivity index (χ1) is 11.4. The number of benzene rings is 2. The van der Waals surface area contributed by atoms with Gasteiger partial charge in [0.2, 0.25) is 5.91 Å². The predicted molar refractivity (Wildman–Crippen MR) is 84.8 cm³/mol. The average Bonchev–Trinajstić information content (AvgIpc) is 2.79. The number of nitrogens with one attached hydrogen (secondary N) is 1. The van der Waals surface area contributed by atoms with Crippen LogP contribution in [0.1, 0.15) is 18.0 Å². The first-order valence-electron chi connectivity index (χ1n) is 6.88. The number of hydrogen-bond donors (Lipinski definition) is 2. The van der Waals surface area contributed by atoms with Crippen LogP contribution in [0, 0.1) is 5.82 Å². The second kappa shape index (κ2) is 6.04. The minimum atomic E-state index is -4.02. The molecule has 0 saturated heterocycles. The third-order valence-corrected chi connectivity index (χ3v) is 6.04. The Bertz CT molecular complexity index is 905. The molecule has 0 bridgehead atoms. The molecule has 2 aromatic carbocycles. The van der Waals surface area contributed by atoms with Gasteiger partial charge in [0, 0.05) is 5.56 Å². The second-order valence-electron chi connectivity index (χ2n) is 5.16. The van der Waals surface area contributed by atoms with Gasteiger partial charge in [0.25, 0.3) is 10.0 Å². The number of para-hydroxylation sites is 1. The zero-order valence-corrected chi connectivity index (χ0v) is 13.7. The molecule has 1 aliphatic rings. The molecule has 0 aromatic heterocycles. The summed E-state index contributed by atoms with van der Waals surface area (Å²) in [4.78, 5) is 11.5. The van der Waals surface area contributed by atoms with Crippen molar-refractivity contribution in [1.82, 2.24) is 5.48 Å². The lowest BCUT2D eigenvalue weighted by Gasteiger charge is -2.25. The highest BCUT2D eigenvalue weighted by molar-refractivity contribution is 7.93.